The number of thiocarbonyl (C=S) groups is 1. The van der Waals surface area contributed by atoms with Gasteiger partial charge < -0.3 is 20.3 Å². The van der Waals surface area contributed by atoms with Crippen LogP contribution in [0, 0.1) is 13.8 Å². The maximum absolute atomic E-state index is 12.0. The standard InChI is InChI=1S/C17H21N3O2S2/c1-10-11(2)24-15(14(10)16(21)22-5)19-17(23)18-12-6-8-13(9-7-12)20(3)4/h6-9H,1-5H3,(H2,18,19,23). The van der Waals surface area contributed by atoms with Gasteiger partial charge in [0.05, 0.1) is 12.7 Å². The van der Waals surface area contributed by atoms with Crippen molar-refractivity contribution in [3.05, 3.63) is 40.3 Å². The molecule has 1 aromatic heterocycles. The highest BCUT2D eigenvalue weighted by Gasteiger charge is 2.20. The third-order valence-corrected chi connectivity index (χ3v) is 4.97. The highest BCUT2D eigenvalue weighted by Crippen LogP contribution is 2.33. The Morgan fingerprint density at radius 1 is 1.17 bits per heavy atom. The van der Waals surface area contributed by atoms with Gasteiger partial charge in [-0.05, 0) is 55.9 Å². The SMILES string of the molecule is COC(=O)c1c(NC(=S)Nc2ccc(N(C)C)cc2)sc(C)c1C. The van der Waals surface area contributed by atoms with E-state index in [1.165, 1.54) is 18.4 Å². The number of carbonyl (C=O) groups is 1. The molecule has 2 N–H and O–H groups in total. The number of carbonyl (C=O) groups excluding carboxylic acids is 1. The molecule has 5 nitrogen and oxygen atoms in total. The molecule has 0 radical (unpaired) electrons. The maximum atomic E-state index is 12.0. The molecule has 1 heterocycles. The third-order valence-electron chi connectivity index (χ3n) is 3.64. The summed E-state index contributed by atoms with van der Waals surface area (Å²) in [6, 6.07) is 7.92. The lowest BCUT2D eigenvalue weighted by molar-refractivity contribution is 0.0601. The molecule has 0 aliphatic rings. The van der Waals surface area contributed by atoms with Crippen LogP contribution in [0.3, 0.4) is 0 Å². The molecule has 0 fully saturated rings. The van der Waals surface area contributed by atoms with E-state index in [0.717, 1.165) is 21.8 Å². The van der Waals surface area contributed by atoms with Crippen LogP contribution in [-0.2, 0) is 4.74 Å². The Kier molecular flexibility index (Phi) is 5.80. The number of anilines is 3. The Balaban J connectivity index is 2.12. The summed E-state index contributed by atoms with van der Waals surface area (Å²) in [7, 11) is 5.36. The van der Waals surface area contributed by atoms with Gasteiger partial charge in [0.25, 0.3) is 0 Å². The van der Waals surface area contributed by atoms with Gasteiger partial charge in [-0.3, -0.25) is 0 Å². The van der Waals surface area contributed by atoms with Gasteiger partial charge in [0.2, 0.25) is 0 Å². The van der Waals surface area contributed by atoms with E-state index in [-0.39, 0.29) is 5.97 Å². The Bertz CT molecular complexity index is 752. The fourth-order valence-electron chi connectivity index (χ4n) is 2.17. The first kappa shape index (κ1) is 18.2. The van der Waals surface area contributed by atoms with E-state index >= 15 is 0 Å². The zero-order chi connectivity index (χ0) is 17.9. The van der Waals surface area contributed by atoms with Gasteiger partial charge in [-0.1, -0.05) is 0 Å². The summed E-state index contributed by atoms with van der Waals surface area (Å²) < 4.78 is 4.87. The van der Waals surface area contributed by atoms with E-state index in [9.17, 15) is 4.79 Å². The van der Waals surface area contributed by atoms with Crippen LogP contribution in [0.15, 0.2) is 24.3 Å². The second-order valence-corrected chi connectivity index (χ2v) is 7.13. The number of hydrogen-bond donors (Lipinski definition) is 2. The average molecular weight is 364 g/mol. The summed E-state index contributed by atoms with van der Waals surface area (Å²) in [5.41, 5.74) is 3.43. The lowest BCUT2D eigenvalue weighted by Gasteiger charge is -2.14. The summed E-state index contributed by atoms with van der Waals surface area (Å²) in [6.07, 6.45) is 0. The Morgan fingerprint density at radius 3 is 2.33 bits per heavy atom. The second kappa shape index (κ2) is 7.63. The number of thiophene rings is 1. The molecular formula is C17H21N3O2S2. The van der Waals surface area contributed by atoms with Gasteiger partial charge in [0.15, 0.2) is 5.11 Å². The van der Waals surface area contributed by atoms with Crippen LogP contribution >= 0.6 is 23.6 Å². The van der Waals surface area contributed by atoms with Crippen molar-refractivity contribution in [2.45, 2.75) is 13.8 Å². The van der Waals surface area contributed by atoms with E-state index in [2.05, 4.69) is 10.6 Å². The van der Waals surface area contributed by atoms with Gasteiger partial charge in [-0.2, -0.15) is 0 Å². The van der Waals surface area contributed by atoms with E-state index in [0.29, 0.717) is 15.7 Å². The predicted octanol–water partition coefficient (Wildman–Crippen LogP) is 4.03. The Hall–Kier alpha value is -2.12. The highest BCUT2D eigenvalue weighted by molar-refractivity contribution is 7.80. The Morgan fingerprint density at radius 2 is 1.79 bits per heavy atom. The Labute approximate surface area is 151 Å². The van der Waals surface area contributed by atoms with Gasteiger partial charge in [-0.15, -0.1) is 11.3 Å². The number of esters is 1. The van der Waals surface area contributed by atoms with Crippen LogP contribution in [0.1, 0.15) is 20.8 Å². The minimum Gasteiger partial charge on any atom is -0.465 e. The fourth-order valence-corrected chi connectivity index (χ4v) is 3.51. The third kappa shape index (κ3) is 4.04. The van der Waals surface area contributed by atoms with Gasteiger partial charge in [-0.25, -0.2) is 4.79 Å². The van der Waals surface area contributed by atoms with Crippen molar-refractivity contribution in [1.82, 2.24) is 0 Å². The minimum absolute atomic E-state index is 0.363. The number of rotatable bonds is 4. The fraction of sp³-hybridized carbons (Fsp3) is 0.294. The molecular weight excluding hydrogens is 342 g/mol. The quantitative estimate of drug-likeness (QED) is 0.632. The topological polar surface area (TPSA) is 53.6 Å². The molecule has 0 saturated carbocycles. The van der Waals surface area contributed by atoms with Gasteiger partial charge in [0.1, 0.15) is 5.00 Å². The first-order valence-corrected chi connectivity index (χ1v) is 8.59. The first-order valence-electron chi connectivity index (χ1n) is 7.37. The van der Waals surface area contributed by atoms with Gasteiger partial charge >= 0.3 is 5.97 Å². The van der Waals surface area contributed by atoms with E-state index in [1.807, 2.05) is 57.1 Å². The number of aryl methyl sites for hydroxylation is 1. The summed E-state index contributed by atoms with van der Waals surface area (Å²) in [6.45, 7) is 3.87. The molecule has 128 valence electrons. The molecule has 0 saturated heterocycles. The number of ether oxygens (including phenoxy) is 1. The van der Waals surface area contributed by atoms with Gasteiger partial charge in [0, 0.05) is 30.3 Å². The highest BCUT2D eigenvalue weighted by atomic mass is 32.1. The molecule has 0 aliphatic heterocycles. The minimum atomic E-state index is -0.363. The summed E-state index contributed by atoms with van der Waals surface area (Å²) in [5.74, 6) is -0.363. The summed E-state index contributed by atoms with van der Waals surface area (Å²) in [4.78, 5) is 15.1. The number of nitrogens with one attached hydrogen (secondary N) is 2. The largest absolute Gasteiger partial charge is 0.465 e. The molecule has 0 atom stereocenters. The number of methoxy groups -OCH3 is 1. The van der Waals surface area contributed by atoms with Crippen LogP contribution < -0.4 is 15.5 Å². The molecule has 7 heteroatoms. The van der Waals surface area contributed by atoms with Crippen molar-refractivity contribution in [3.63, 3.8) is 0 Å². The smallest absolute Gasteiger partial charge is 0.341 e. The molecule has 2 rings (SSSR count). The zero-order valence-electron chi connectivity index (χ0n) is 14.4. The van der Waals surface area contributed by atoms with Crippen molar-refractivity contribution < 1.29 is 9.53 Å². The average Bonchev–Trinajstić information content (AvgIpc) is 2.81. The van der Waals surface area contributed by atoms with Crippen molar-refractivity contribution in [3.8, 4) is 0 Å². The van der Waals surface area contributed by atoms with Crippen molar-refractivity contribution in [1.29, 1.82) is 0 Å². The molecule has 2 aromatic rings. The van der Waals surface area contributed by atoms with Crippen LogP contribution in [0.4, 0.5) is 16.4 Å². The van der Waals surface area contributed by atoms with Crippen molar-refractivity contribution in [2.75, 3.05) is 36.7 Å². The monoisotopic (exact) mass is 363 g/mol. The predicted molar refractivity (Wildman–Crippen MR) is 106 cm³/mol. The number of hydrogen-bond acceptors (Lipinski definition) is 5. The molecule has 24 heavy (non-hydrogen) atoms. The maximum Gasteiger partial charge on any atom is 0.341 e. The van der Waals surface area contributed by atoms with Crippen LogP contribution in [0.2, 0.25) is 0 Å². The van der Waals surface area contributed by atoms with Crippen molar-refractivity contribution in [2.24, 2.45) is 0 Å². The molecule has 1 aromatic carbocycles. The van der Waals surface area contributed by atoms with E-state index < -0.39 is 0 Å². The summed E-state index contributed by atoms with van der Waals surface area (Å²) in [5, 5.41) is 7.35. The van der Waals surface area contributed by atoms with Crippen LogP contribution in [0.5, 0.6) is 0 Å². The lowest BCUT2D eigenvalue weighted by Crippen LogP contribution is -2.20. The first-order chi connectivity index (χ1) is 11.3. The molecule has 0 spiro atoms. The number of nitrogens with zero attached hydrogens (tertiary/aromatic N) is 1. The molecule has 0 bridgehead atoms. The normalized spacial score (nSPS) is 10.2. The van der Waals surface area contributed by atoms with Crippen LogP contribution in [0.25, 0.3) is 0 Å². The molecule has 0 unspecified atom stereocenters. The molecule has 0 aliphatic carbocycles. The lowest BCUT2D eigenvalue weighted by atomic mass is 10.1. The van der Waals surface area contributed by atoms with E-state index in [1.54, 1.807) is 0 Å². The second-order valence-electron chi connectivity index (χ2n) is 5.50. The zero-order valence-corrected chi connectivity index (χ0v) is 16.0. The molecule has 0 amide bonds. The van der Waals surface area contributed by atoms with E-state index in [4.69, 9.17) is 17.0 Å². The van der Waals surface area contributed by atoms with Crippen LogP contribution in [-0.4, -0.2) is 32.3 Å². The van der Waals surface area contributed by atoms with Crippen molar-refractivity contribution >= 4 is 51.0 Å². The summed E-state index contributed by atoms with van der Waals surface area (Å²) >= 11 is 6.84. The number of benzene rings is 1.